The second kappa shape index (κ2) is 10.8. The van der Waals surface area contributed by atoms with Gasteiger partial charge in [-0.3, -0.25) is 0 Å². The normalized spacial score (nSPS) is 12.5. The van der Waals surface area contributed by atoms with Crippen LogP contribution in [0.2, 0.25) is 0 Å². The van der Waals surface area contributed by atoms with Gasteiger partial charge in [0.15, 0.2) is 0 Å². The van der Waals surface area contributed by atoms with E-state index in [0.717, 1.165) is 0 Å². The Labute approximate surface area is 262 Å². The van der Waals surface area contributed by atoms with Crippen molar-refractivity contribution in [3.63, 3.8) is 0 Å². The molecule has 0 radical (unpaired) electrons. The minimum Gasteiger partial charge on any atom is -0.0610 e. The lowest BCUT2D eigenvalue weighted by Gasteiger charge is -2.20. The molecule has 44 heavy (non-hydrogen) atoms. The molecule has 0 aliphatic heterocycles. The van der Waals surface area contributed by atoms with E-state index in [9.17, 15) is 0 Å². The van der Waals surface area contributed by atoms with Gasteiger partial charge in [0, 0.05) is 0 Å². The Balaban J connectivity index is 0.000000142. The quantitative estimate of drug-likeness (QED) is 0.184. The molecule has 8 aromatic carbocycles. The van der Waals surface area contributed by atoms with Gasteiger partial charge in [0.25, 0.3) is 0 Å². The first-order valence-corrected chi connectivity index (χ1v) is 16.5. The zero-order chi connectivity index (χ0) is 30.9. The molecule has 0 N–H and O–H groups in total. The Kier molecular flexibility index (Phi) is 7.00. The molecule has 8 aromatic rings. The largest absolute Gasteiger partial charge is 0.0610 e. The summed E-state index contributed by atoms with van der Waals surface area (Å²) in [7, 11) is 0. The summed E-state index contributed by atoms with van der Waals surface area (Å²) >= 11 is 0. The van der Waals surface area contributed by atoms with Gasteiger partial charge in [0.05, 0.1) is 0 Å². The Bertz CT molecular complexity index is 2050. The topological polar surface area (TPSA) is 0 Å². The third kappa shape index (κ3) is 4.58. The average Bonchev–Trinajstić information content (AvgIpc) is 3.01. The first kappa shape index (κ1) is 28.6. The molecule has 0 aliphatic carbocycles. The third-order valence-electron chi connectivity index (χ3n) is 9.87. The van der Waals surface area contributed by atoms with Crippen molar-refractivity contribution in [2.45, 2.75) is 79.1 Å². The SMILES string of the molecule is CC(C)c1cc(C(C)C)c2ccc3cccc4ccc1c2c43.CC(C)c1cc2ccc3cc(C(C)C)cc4ccc(c1)c2c34. The van der Waals surface area contributed by atoms with Crippen LogP contribution in [0.1, 0.15) is 101 Å². The Morgan fingerprint density at radius 1 is 0.318 bits per heavy atom. The van der Waals surface area contributed by atoms with E-state index < -0.39 is 0 Å². The van der Waals surface area contributed by atoms with Crippen LogP contribution < -0.4 is 0 Å². The van der Waals surface area contributed by atoms with Crippen LogP contribution in [0.15, 0.2) is 97.1 Å². The second-order valence-corrected chi connectivity index (χ2v) is 14.2. The highest BCUT2D eigenvalue weighted by atomic mass is 14.2. The zero-order valence-electron chi connectivity index (χ0n) is 27.5. The number of benzene rings is 8. The second-order valence-electron chi connectivity index (χ2n) is 14.2. The number of rotatable bonds is 4. The summed E-state index contributed by atoms with van der Waals surface area (Å²) in [5.41, 5.74) is 5.81. The highest BCUT2D eigenvalue weighted by Crippen LogP contribution is 2.42. The van der Waals surface area contributed by atoms with Gasteiger partial charge in [-0.2, -0.15) is 0 Å². The Hall–Kier alpha value is -4.16. The molecular weight excluding hydrogens is 528 g/mol. The number of hydrogen-bond donors (Lipinski definition) is 0. The molecule has 0 aliphatic rings. The molecule has 0 bridgehead atoms. The van der Waals surface area contributed by atoms with Gasteiger partial charge in [-0.15, -0.1) is 0 Å². The van der Waals surface area contributed by atoms with Crippen LogP contribution in [0.5, 0.6) is 0 Å². The van der Waals surface area contributed by atoms with Gasteiger partial charge < -0.3 is 0 Å². The average molecular weight is 573 g/mol. The highest BCUT2D eigenvalue weighted by molar-refractivity contribution is 6.25. The van der Waals surface area contributed by atoms with Gasteiger partial charge in [-0.05, 0) is 111 Å². The summed E-state index contributed by atoms with van der Waals surface area (Å²) in [6.07, 6.45) is 0. The lowest BCUT2D eigenvalue weighted by molar-refractivity contribution is 0.847. The summed E-state index contributed by atoms with van der Waals surface area (Å²) in [4.78, 5) is 0. The predicted molar refractivity (Wildman–Crippen MR) is 197 cm³/mol. The van der Waals surface area contributed by atoms with E-state index in [1.807, 2.05) is 0 Å². The van der Waals surface area contributed by atoms with E-state index in [4.69, 9.17) is 0 Å². The summed E-state index contributed by atoms with van der Waals surface area (Å²) in [6.45, 7) is 18.3. The van der Waals surface area contributed by atoms with E-state index in [2.05, 4.69) is 152 Å². The molecule has 0 spiro atoms. The van der Waals surface area contributed by atoms with Crippen molar-refractivity contribution in [1.82, 2.24) is 0 Å². The molecule has 8 rings (SSSR count). The molecule has 0 fully saturated rings. The zero-order valence-corrected chi connectivity index (χ0v) is 27.5. The van der Waals surface area contributed by atoms with Crippen molar-refractivity contribution in [2.24, 2.45) is 0 Å². The van der Waals surface area contributed by atoms with Crippen molar-refractivity contribution in [3.05, 3.63) is 119 Å². The van der Waals surface area contributed by atoms with Crippen molar-refractivity contribution < 1.29 is 0 Å². The fourth-order valence-corrected chi connectivity index (χ4v) is 7.39. The smallest absolute Gasteiger partial charge is 0.00211 e. The van der Waals surface area contributed by atoms with E-state index >= 15 is 0 Å². The maximum atomic E-state index is 2.44. The van der Waals surface area contributed by atoms with Gasteiger partial charge in [0.1, 0.15) is 0 Å². The van der Waals surface area contributed by atoms with Crippen LogP contribution in [-0.4, -0.2) is 0 Å². The van der Waals surface area contributed by atoms with Crippen molar-refractivity contribution in [3.8, 4) is 0 Å². The molecule has 0 aromatic heterocycles. The first-order valence-electron chi connectivity index (χ1n) is 16.5. The van der Waals surface area contributed by atoms with Gasteiger partial charge >= 0.3 is 0 Å². The fourth-order valence-electron chi connectivity index (χ4n) is 7.39. The van der Waals surface area contributed by atoms with Crippen LogP contribution in [-0.2, 0) is 0 Å². The molecule has 0 heteroatoms. The van der Waals surface area contributed by atoms with Crippen molar-refractivity contribution in [2.75, 3.05) is 0 Å². The lowest BCUT2D eigenvalue weighted by Crippen LogP contribution is -1.98. The summed E-state index contributed by atoms with van der Waals surface area (Å²) in [6, 6.07) is 36.9. The lowest BCUT2D eigenvalue weighted by atomic mass is 9.84. The van der Waals surface area contributed by atoms with Crippen LogP contribution in [0.3, 0.4) is 0 Å². The monoisotopic (exact) mass is 572 g/mol. The standard InChI is InChI=1S/2C22H22/c1-13(2)19-9-15-5-7-17-11-20(14(3)4)12-18-8-6-16(10-19)21(15)22(17)18;1-13(2)19-12-20(14(3)4)18-11-9-16-7-5-6-15-8-10-17(19)22(18)21(15)16/h2*5-14H,1-4H3. The van der Waals surface area contributed by atoms with Gasteiger partial charge in [0.2, 0.25) is 0 Å². The highest BCUT2D eigenvalue weighted by Gasteiger charge is 2.17. The minimum absolute atomic E-state index is 0.544. The van der Waals surface area contributed by atoms with Crippen LogP contribution in [0, 0.1) is 0 Å². The molecule has 0 unspecified atom stereocenters. The van der Waals surface area contributed by atoms with Crippen LogP contribution in [0.25, 0.3) is 64.6 Å². The van der Waals surface area contributed by atoms with E-state index in [-0.39, 0.29) is 0 Å². The molecule has 0 saturated heterocycles. The van der Waals surface area contributed by atoms with E-state index in [0.29, 0.717) is 23.7 Å². The maximum Gasteiger partial charge on any atom is -0.00211 e. The van der Waals surface area contributed by atoms with E-state index in [1.54, 1.807) is 0 Å². The molecule has 0 saturated carbocycles. The predicted octanol–water partition coefficient (Wildman–Crippen LogP) is 13.7. The summed E-state index contributed by atoms with van der Waals surface area (Å²) in [5, 5.41) is 16.8. The molecule has 220 valence electrons. The first-order chi connectivity index (χ1) is 21.1. The Morgan fingerprint density at radius 2 is 0.659 bits per heavy atom. The van der Waals surface area contributed by atoms with Crippen molar-refractivity contribution >= 4 is 64.6 Å². The van der Waals surface area contributed by atoms with Gasteiger partial charge in [-0.1, -0.05) is 152 Å². The minimum atomic E-state index is 0.544. The molecule has 0 heterocycles. The van der Waals surface area contributed by atoms with E-state index in [1.165, 1.54) is 86.9 Å². The van der Waals surface area contributed by atoms with Gasteiger partial charge in [-0.25, -0.2) is 0 Å². The summed E-state index contributed by atoms with van der Waals surface area (Å²) < 4.78 is 0. The molecule has 0 nitrogen and oxygen atoms in total. The molecular formula is C44H44. The third-order valence-corrected chi connectivity index (χ3v) is 9.87. The molecule has 0 atom stereocenters. The summed E-state index contributed by atoms with van der Waals surface area (Å²) in [5.74, 6) is 2.22. The Morgan fingerprint density at radius 3 is 1.00 bits per heavy atom. The fraction of sp³-hybridized carbons (Fsp3) is 0.273. The van der Waals surface area contributed by atoms with Crippen LogP contribution in [0.4, 0.5) is 0 Å². The number of hydrogen-bond acceptors (Lipinski definition) is 0. The maximum absolute atomic E-state index is 2.44. The molecule has 0 amide bonds. The van der Waals surface area contributed by atoms with Crippen molar-refractivity contribution in [1.29, 1.82) is 0 Å². The van der Waals surface area contributed by atoms with Crippen LogP contribution >= 0.6 is 0 Å².